The molecule has 0 aliphatic carbocycles. The van der Waals surface area contributed by atoms with Gasteiger partial charge >= 0.3 is 0 Å². The molecule has 0 atom stereocenters. The van der Waals surface area contributed by atoms with E-state index in [1.807, 2.05) is 6.07 Å². The minimum absolute atomic E-state index is 0.931. The van der Waals surface area contributed by atoms with Crippen molar-refractivity contribution in [3.63, 3.8) is 0 Å². The van der Waals surface area contributed by atoms with Crippen molar-refractivity contribution in [2.75, 3.05) is 7.11 Å². The van der Waals surface area contributed by atoms with Crippen LogP contribution in [0.3, 0.4) is 0 Å². The molecule has 0 bridgehead atoms. The predicted molar refractivity (Wildman–Crippen MR) is 78.0 cm³/mol. The lowest BCUT2D eigenvalue weighted by molar-refractivity contribution is 0.414. The summed E-state index contributed by atoms with van der Waals surface area (Å²) in [6, 6.07) is 6.21. The molecule has 0 saturated heterocycles. The van der Waals surface area contributed by atoms with E-state index in [1.54, 1.807) is 7.11 Å². The van der Waals surface area contributed by atoms with Crippen molar-refractivity contribution in [2.24, 2.45) is 0 Å². The standard InChI is InChI=1S/C17H24O/c1-4-6-8-9-11-15-12-13-17(18-3)14-16(15)10-7-5-2/h12-14H,4-8,10H2,1-3H3. The van der Waals surface area contributed by atoms with Gasteiger partial charge in [0.1, 0.15) is 5.75 Å². The molecule has 0 fully saturated rings. The Morgan fingerprint density at radius 3 is 2.56 bits per heavy atom. The molecular formula is C17H24O. The Balaban J connectivity index is 2.82. The average molecular weight is 244 g/mol. The fourth-order valence-corrected chi connectivity index (χ4v) is 1.82. The van der Waals surface area contributed by atoms with Crippen molar-refractivity contribution in [3.05, 3.63) is 29.3 Å². The molecule has 0 aromatic heterocycles. The van der Waals surface area contributed by atoms with E-state index in [9.17, 15) is 0 Å². The van der Waals surface area contributed by atoms with Gasteiger partial charge < -0.3 is 4.74 Å². The highest BCUT2D eigenvalue weighted by Gasteiger charge is 2.02. The van der Waals surface area contributed by atoms with Gasteiger partial charge in [-0.05, 0) is 43.0 Å². The number of unbranched alkanes of at least 4 members (excludes halogenated alkanes) is 3. The summed E-state index contributed by atoms with van der Waals surface area (Å²) in [5.41, 5.74) is 2.49. The van der Waals surface area contributed by atoms with Crippen LogP contribution in [0.25, 0.3) is 0 Å². The van der Waals surface area contributed by atoms with Crippen molar-refractivity contribution in [3.8, 4) is 17.6 Å². The van der Waals surface area contributed by atoms with Crippen molar-refractivity contribution in [1.82, 2.24) is 0 Å². The summed E-state index contributed by atoms with van der Waals surface area (Å²) >= 11 is 0. The van der Waals surface area contributed by atoms with Crippen LogP contribution in [0.15, 0.2) is 18.2 Å². The molecular weight excluding hydrogens is 220 g/mol. The second-order valence-corrected chi connectivity index (χ2v) is 4.53. The fourth-order valence-electron chi connectivity index (χ4n) is 1.82. The van der Waals surface area contributed by atoms with E-state index in [-0.39, 0.29) is 0 Å². The maximum atomic E-state index is 5.28. The summed E-state index contributed by atoms with van der Waals surface area (Å²) in [7, 11) is 1.71. The van der Waals surface area contributed by atoms with Crippen LogP contribution in [0.2, 0.25) is 0 Å². The highest BCUT2D eigenvalue weighted by Crippen LogP contribution is 2.19. The third-order valence-corrected chi connectivity index (χ3v) is 2.99. The van der Waals surface area contributed by atoms with Gasteiger partial charge in [-0.2, -0.15) is 0 Å². The Morgan fingerprint density at radius 1 is 1.11 bits per heavy atom. The van der Waals surface area contributed by atoms with Crippen molar-refractivity contribution < 1.29 is 4.74 Å². The second-order valence-electron chi connectivity index (χ2n) is 4.53. The molecule has 0 spiro atoms. The highest BCUT2D eigenvalue weighted by atomic mass is 16.5. The Kier molecular flexibility index (Phi) is 7.03. The van der Waals surface area contributed by atoms with Crippen molar-refractivity contribution in [2.45, 2.75) is 52.4 Å². The largest absolute Gasteiger partial charge is 0.497 e. The summed E-state index contributed by atoms with van der Waals surface area (Å²) in [6.07, 6.45) is 6.89. The van der Waals surface area contributed by atoms with Gasteiger partial charge in [-0.3, -0.25) is 0 Å². The Hall–Kier alpha value is -1.42. The van der Waals surface area contributed by atoms with Gasteiger partial charge in [-0.15, -0.1) is 0 Å². The minimum Gasteiger partial charge on any atom is -0.497 e. The zero-order valence-electron chi connectivity index (χ0n) is 11.9. The molecule has 0 radical (unpaired) electrons. The number of aryl methyl sites for hydroxylation is 1. The van der Waals surface area contributed by atoms with Crippen LogP contribution >= 0.6 is 0 Å². The van der Waals surface area contributed by atoms with E-state index in [2.05, 4.69) is 37.8 Å². The lowest BCUT2D eigenvalue weighted by atomic mass is 10.0. The Bertz CT molecular complexity index is 409. The molecule has 1 nitrogen and oxygen atoms in total. The maximum absolute atomic E-state index is 5.28. The molecule has 0 N–H and O–H groups in total. The number of hydrogen-bond acceptors (Lipinski definition) is 1. The van der Waals surface area contributed by atoms with Gasteiger partial charge in [0.2, 0.25) is 0 Å². The lowest BCUT2D eigenvalue weighted by Crippen LogP contribution is -1.93. The molecule has 0 unspecified atom stereocenters. The molecule has 98 valence electrons. The molecule has 0 saturated carbocycles. The van der Waals surface area contributed by atoms with E-state index in [0.717, 1.165) is 18.6 Å². The quantitative estimate of drug-likeness (QED) is 0.526. The summed E-state index contributed by atoms with van der Waals surface area (Å²) in [4.78, 5) is 0. The molecule has 1 rings (SSSR count). The van der Waals surface area contributed by atoms with Crippen LogP contribution in [-0.2, 0) is 6.42 Å². The molecule has 1 heteroatoms. The number of hydrogen-bond donors (Lipinski definition) is 0. The van der Waals surface area contributed by atoms with Crippen LogP contribution < -0.4 is 4.74 Å². The summed E-state index contributed by atoms with van der Waals surface area (Å²) in [6.45, 7) is 4.41. The van der Waals surface area contributed by atoms with E-state index in [1.165, 1.54) is 36.8 Å². The molecule has 0 amide bonds. The third kappa shape index (κ3) is 4.84. The van der Waals surface area contributed by atoms with E-state index >= 15 is 0 Å². The van der Waals surface area contributed by atoms with Gasteiger partial charge in [-0.1, -0.05) is 38.5 Å². The Morgan fingerprint density at radius 2 is 1.89 bits per heavy atom. The average Bonchev–Trinajstić information content (AvgIpc) is 2.42. The van der Waals surface area contributed by atoms with E-state index in [4.69, 9.17) is 4.74 Å². The zero-order chi connectivity index (χ0) is 13.2. The van der Waals surface area contributed by atoms with Gasteiger partial charge in [0.25, 0.3) is 0 Å². The van der Waals surface area contributed by atoms with Crippen LogP contribution in [0.5, 0.6) is 5.75 Å². The number of ether oxygens (including phenoxy) is 1. The second kappa shape index (κ2) is 8.64. The predicted octanol–water partition coefficient (Wildman–Crippen LogP) is 4.58. The van der Waals surface area contributed by atoms with Gasteiger partial charge in [-0.25, -0.2) is 0 Å². The van der Waals surface area contributed by atoms with E-state index in [0.29, 0.717) is 0 Å². The first-order chi connectivity index (χ1) is 8.81. The SMILES string of the molecule is CCCCC#Cc1ccc(OC)cc1CCCC. The topological polar surface area (TPSA) is 9.23 Å². The first-order valence-corrected chi connectivity index (χ1v) is 6.97. The number of benzene rings is 1. The Labute approximate surface area is 112 Å². The van der Waals surface area contributed by atoms with Crippen LogP contribution in [0.4, 0.5) is 0 Å². The smallest absolute Gasteiger partial charge is 0.119 e. The van der Waals surface area contributed by atoms with Gasteiger partial charge in [0, 0.05) is 12.0 Å². The van der Waals surface area contributed by atoms with Crippen LogP contribution in [0, 0.1) is 11.8 Å². The first kappa shape index (κ1) is 14.6. The molecule has 0 aliphatic heterocycles. The van der Waals surface area contributed by atoms with Crippen molar-refractivity contribution >= 4 is 0 Å². The third-order valence-electron chi connectivity index (χ3n) is 2.99. The first-order valence-electron chi connectivity index (χ1n) is 6.97. The summed E-state index contributed by atoms with van der Waals surface area (Å²) < 4.78 is 5.28. The monoisotopic (exact) mass is 244 g/mol. The summed E-state index contributed by atoms with van der Waals surface area (Å²) in [5, 5.41) is 0. The fraction of sp³-hybridized carbons (Fsp3) is 0.529. The number of methoxy groups -OCH3 is 1. The molecule has 0 heterocycles. The van der Waals surface area contributed by atoms with Crippen LogP contribution in [0.1, 0.15) is 57.1 Å². The molecule has 1 aromatic rings. The zero-order valence-corrected chi connectivity index (χ0v) is 11.9. The van der Waals surface area contributed by atoms with Crippen molar-refractivity contribution in [1.29, 1.82) is 0 Å². The van der Waals surface area contributed by atoms with Crippen LogP contribution in [-0.4, -0.2) is 7.11 Å². The lowest BCUT2D eigenvalue weighted by Gasteiger charge is -2.07. The maximum Gasteiger partial charge on any atom is 0.119 e. The highest BCUT2D eigenvalue weighted by molar-refractivity contribution is 5.45. The van der Waals surface area contributed by atoms with E-state index < -0.39 is 0 Å². The normalized spacial score (nSPS) is 9.72. The van der Waals surface area contributed by atoms with Gasteiger partial charge in [0.05, 0.1) is 7.11 Å². The molecule has 1 aromatic carbocycles. The molecule has 0 aliphatic rings. The number of rotatable bonds is 6. The molecule has 18 heavy (non-hydrogen) atoms. The summed E-state index contributed by atoms with van der Waals surface area (Å²) in [5.74, 6) is 7.50. The van der Waals surface area contributed by atoms with Gasteiger partial charge in [0.15, 0.2) is 0 Å². The minimum atomic E-state index is 0.931.